The minimum Gasteiger partial charge on any atom is -0.382 e. The number of nitrogens with one attached hydrogen (secondary N) is 1. The van der Waals surface area contributed by atoms with Crippen molar-refractivity contribution in [3.63, 3.8) is 0 Å². The van der Waals surface area contributed by atoms with Crippen molar-refractivity contribution in [1.29, 1.82) is 0 Å². The van der Waals surface area contributed by atoms with E-state index in [4.69, 9.17) is 11.6 Å². The highest BCUT2D eigenvalue weighted by atomic mass is 35.5. The molecule has 0 aliphatic heterocycles. The molecule has 0 spiro atoms. The topological polar surface area (TPSA) is 74.2 Å². The van der Waals surface area contributed by atoms with Crippen molar-refractivity contribution < 1.29 is 5.11 Å². The number of hydrazine groups is 1. The summed E-state index contributed by atoms with van der Waals surface area (Å²) < 4.78 is 0. The van der Waals surface area contributed by atoms with Gasteiger partial charge in [-0.25, -0.2) is 9.97 Å². The maximum atomic E-state index is 10.1. The van der Waals surface area contributed by atoms with Crippen LogP contribution < -0.4 is 10.4 Å². The number of fused-ring (bicyclic) bond motifs is 1. The van der Waals surface area contributed by atoms with Crippen LogP contribution >= 0.6 is 11.6 Å². The van der Waals surface area contributed by atoms with Crippen molar-refractivity contribution in [3.05, 3.63) is 78.0 Å². The molecule has 2 aromatic carbocycles. The number of hydrogen-bond donors (Lipinski definition) is 2. The number of rotatable bonds is 5. The second-order valence-electron chi connectivity index (χ2n) is 7.57. The third-order valence-electron chi connectivity index (χ3n) is 4.78. The van der Waals surface area contributed by atoms with Crippen LogP contribution in [0.5, 0.6) is 0 Å². The molecule has 0 atom stereocenters. The summed E-state index contributed by atoms with van der Waals surface area (Å²) in [6, 6.07) is 15.9. The normalized spacial score (nSPS) is 11.5. The highest BCUT2D eigenvalue weighted by Gasteiger charge is 2.19. The molecule has 2 heterocycles. The molecule has 0 amide bonds. The van der Waals surface area contributed by atoms with Crippen LogP contribution in [0.25, 0.3) is 22.0 Å². The third kappa shape index (κ3) is 4.06. The summed E-state index contributed by atoms with van der Waals surface area (Å²) in [6.45, 7) is 3.32. The van der Waals surface area contributed by atoms with Gasteiger partial charge in [-0.05, 0) is 43.7 Å². The number of hydrogen-bond acceptors (Lipinski definition) is 6. The number of benzene rings is 2. The summed E-state index contributed by atoms with van der Waals surface area (Å²) in [5.41, 5.74) is 6.65. The smallest absolute Gasteiger partial charge is 0.159 e. The van der Waals surface area contributed by atoms with E-state index in [1.54, 1.807) is 32.4 Å². The lowest BCUT2D eigenvalue weighted by molar-refractivity contribution is 0.0687. The van der Waals surface area contributed by atoms with Crippen molar-refractivity contribution in [1.82, 2.24) is 15.0 Å². The van der Waals surface area contributed by atoms with Crippen molar-refractivity contribution in [3.8, 4) is 11.1 Å². The van der Waals surface area contributed by atoms with Crippen LogP contribution in [0.3, 0.4) is 0 Å². The van der Waals surface area contributed by atoms with Gasteiger partial charge >= 0.3 is 0 Å². The van der Waals surface area contributed by atoms with Gasteiger partial charge in [-0.1, -0.05) is 35.9 Å². The van der Waals surface area contributed by atoms with E-state index in [0.29, 0.717) is 10.8 Å². The van der Waals surface area contributed by atoms with Crippen LogP contribution in [0.15, 0.2) is 67.1 Å². The first-order valence-corrected chi connectivity index (χ1v) is 9.90. The first-order valence-electron chi connectivity index (χ1n) is 9.52. The molecule has 4 aromatic rings. The molecule has 2 aromatic heterocycles. The Morgan fingerprint density at radius 2 is 1.63 bits per heavy atom. The molecule has 30 heavy (non-hydrogen) atoms. The summed E-state index contributed by atoms with van der Waals surface area (Å²) in [5.74, 6) is 0.378. The maximum absolute atomic E-state index is 10.1. The quantitative estimate of drug-likeness (QED) is 0.441. The van der Waals surface area contributed by atoms with E-state index in [-0.39, 0.29) is 0 Å². The van der Waals surface area contributed by atoms with E-state index in [1.807, 2.05) is 60.6 Å². The monoisotopic (exact) mass is 419 g/mol. The predicted molar refractivity (Wildman–Crippen MR) is 121 cm³/mol. The Balaban J connectivity index is 1.74. The summed E-state index contributed by atoms with van der Waals surface area (Å²) in [4.78, 5) is 13.1. The Labute approximate surface area is 180 Å². The molecule has 2 N–H and O–H groups in total. The Morgan fingerprint density at radius 3 is 2.30 bits per heavy atom. The van der Waals surface area contributed by atoms with Crippen LogP contribution in [0.2, 0.25) is 5.02 Å². The number of nitrogens with zero attached hydrogens (tertiary/aromatic N) is 4. The fraction of sp³-hybridized carbons (Fsp3) is 0.174. The average molecular weight is 420 g/mol. The van der Waals surface area contributed by atoms with Gasteiger partial charge < -0.3 is 5.11 Å². The maximum Gasteiger partial charge on any atom is 0.159 e. The van der Waals surface area contributed by atoms with E-state index >= 15 is 0 Å². The average Bonchev–Trinajstić information content (AvgIpc) is 2.75. The van der Waals surface area contributed by atoms with E-state index in [2.05, 4.69) is 20.4 Å². The van der Waals surface area contributed by atoms with E-state index in [1.165, 1.54) is 0 Å². The third-order valence-corrected chi connectivity index (χ3v) is 5.06. The SMILES string of the molecule is CN(Nc1c(Cl)cnc2ccc(-c3cnc(C(C)(C)O)nc3)cc12)c1ccccc1. The van der Waals surface area contributed by atoms with Gasteiger partial charge in [0.25, 0.3) is 0 Å². The molecule has 0 radical (unpaired) electrons. The fourth-order valence-corrected chi connectivity index (χ4v) is 3.33. The van der Waals surface area contributed by atoms with E-state index < -0.39 is 5.60 Å². The lowest BCUT2D eigenvalue weighted by Crippen LogP contribution is -2.24. The number of para-hydroxylation sites is 1. The molecule has 4 rings (SSSR count). The van der Waals surface area contributed by atoms with Crippen LogP contribution in [-0.4, -0.2) is 27.1 Å². The minimum atomic E-state index is -1.08. The highest BCUT2D eigenvalue weighted by molar-refractivity contribution is 6.34. The number of pyridine rings is 1. The van der Waals surface area contributed by atoms with Crippen LogP contribution in [0, 0.1) is 0 Å². The lowest BCUT2D eigenvalue weighted by atomic mass is 10.0. The molecule has 6 nitrogen and oxygen atoms in total. The Bertz CT molecular complexity index is 1170. The molecule has 0 aliphatic carbocycles. The van der Waals surface area contributed by atoms with Crippen LogP contribution in [0.4, 0.5) is 11.4 Å². The molecular formula is C23H22ClN5O. The molecule has 7 heteroatoms. The zero-order chi connectivity index (χ0) is 21.3. The molecule has 0 fully saturated rings. The lowest BCUT2D eigenvalue weighted by Gasteiger charge is -2.23. The molecule has 152 valence electrons. The Hall–Kier alpha value is -3.22. The summed E-state index contributed by atoms with van der Waals surface area (Å²) in [6.07, 6.45) is 5.07. The molecule has 0 unspecified atom stereocenters. The zero-order valence-electron chi connectivity index (χ0n) is 17.0. The standard InChI is InChI=1S/C23H22ClN5O/c1-23(2,30)22-26-12-16(13-27-22)15-9-10-20-18(11-15)21(19(24)14-25-20)28-29(3)17-7-5-4-6-8-17/h4-14,30H,1-3H3,(H,25,28). The molecule has 0 bridgehead atoms. The first kappa shape index (κ1) is 20.1. The number of halogens is 1. The van der Waals surface area contributed by atoms with Gasteiger partial charge in [-0.2, -0.15) is 0 Å². The van der Waals surface area contributed by atoms with Gasteiger partial charge in [0.15, 0.2) is 5.82 Å². The van der Waals surface area contributed by atoms with Gasteiger partial charge in [0.2, 0.25) is 0 Å². The molecule has 0 saturated carbocycles. The van der Waals surface area contributed by atoms with Crippen molar-refractivity contribution >= 4 is 33.9 Å². The Kier molecular flexibility index (Phi) is 5.28. The minimum absolute atomic E-state index is 0.378. The second kappa shape index (κ2) is 7.89. The first-order chi connectivity index (χ1) is 14.3. The van der Waals surface area contributed by atoms with Crippen molar-refractivity contribution in [2.45, 2.75) is 19.4 Å². The highest BCUT2D eigenvalue weighted by Crippen LogP contribution is 2.33. The van der Waals surface area contributed by atoms with E-state index in [9.17, 15) is 5.11 Å². The van der Waals surface area contributed by atoms with Gasteiger partial charge in [-0.3, -0.25) is 15.4 Å². The second-order valence-corrected chi connectivity index (χ2v) is 7.98. The number of aliphatic hydroxyl groups is 1. The molecule has 0 aliphatic rings. The van der Waals surface area contributed by atoms with Gasteiger partial charge in [0.1, 0.15) is 5.60 Å². The summed E-state index contributed by atoms with van der Waals surface area (Å²) in [7, 11) is 1.94. The molecule has 0 saturated heterocycles. The van der Waals surface area contributed by atoms with E-state index in [0.717, 1.165) is 33.4 Å². The van der Waals surface area contributed by atoms with Crippen LogP contribution in [-0.2, 0) is 5.60 Å². The largest absolute Gasteiger partial charge is 0.382 e. The van der Waals surface area contributed by atoms with Gasteiger partial charge in [0, 0.05) is 36.6 Å². The van der Waals surface area contributed by atoms with Gasteiger partial charge in [-0.15, -0.1) is 0 Å². The van der Waals surface area contributed by atoms with Crippen molar-refractivity contribution in [2.75, 3.05) is 17.5 Å². The summed E-state index contributed by atoms with van der Waals surface area (Å²) >= 11 is 6.50. The molecular weight excluding hydrogens is 398 g/mol. The van der Waals surface area contributed by atoms with Crippen LogP contribution in [0.1, 0.15) is 19.7 Å². The summed E-state index contributed by atoms with van der Waals surface area (Å²) in [5, 5.41) is 13.4. The fourth-order valence-electron chi connectivity index (χ4n) is 3.14. The van der Waals surface area contributed by atoms with Crippen molar-refractivity contribution in [2.24, 2.45) is 0 Å². The zero-order valence-corrected chi connectivity index (χ0v) is 17.7. The predicted octanol–water partition coefficient (Wildman–Crippen LogP) is 5.04. The number of anilines is 2. The van der Waals surface area contributed by atoms with Gasteiger partial charge in [0.05, 0.1) is 21.9 Å². The number of aromatic nitrogens is 3. The Morgan fingerprint density at radius 1 is 0.933 bits per heavy atom.